The maximum Gasteiger partial charge on any atom is 0.326 e. The summed E-state index contributed by atoms with van der Waals surface area (Å²) in [5.41, 5.74) is 1.26. The largest absolute Gasteiger partial charge is 0.480 e. The molecule has 0 aromatic heterocycles. The van der Waals surface area contributed by atoms with Gasteiger partial charge in [-0.05, 0) is 17.7 Å². The Hall–Kier alpha value is -1.92. The number of amides is 1. The fourth-order valence-corrected chi connectivity index (χ4v) is 1.70. The quantitative estimate of drug-likeness (QED) is 0.744. The molecule has 0 fully saturated rings. The third-order valence-corrected chi connectivity index (χ3v) is 2.71. The second kappa shape index (κ2) is 8.29. The Labute approximate surface area is 117 Å². The van der Waals surface area contributed by atoms with Crippen molar-refractivity contribution in [2.75, 3.05) is 20.8 Å². The van der Waals surface area contributed by atoms with Crippen molar-refractivity contribution < 1.29 is 24.2 Å². The van der Waals surface area contributed by atoms with Crippen molar-refractivity contribution in [3.8, 4) is 0 Å². The molecule has 20 heavy (non-hydrogen) atoms. The maximum atomic E-state index is 12.0. The van der Waals surface area contributed by atoms with Gasteiger partial charge >= 0.3 is 5.97 Å². The van der Waals surface area contributed by atoms with Crippen molar-refractivity contribution >= 4 is 11.9 Å². The molecule has 110 valence electrons. The zero-order valence-electron chi connectivity index (χ0n) is 11.6. The van der Waals surface area contributed by atoms with Crippen LogP contribution >= 0.6 is 0 Å². The van der Waals surface area contributed by atoms with E-state index in [1.807, 2.05) is 6.07 Å². The van der Waals surface area contributed by atoms with Crippen LogP contribution in [0.25, 0.3) is 0 Å². The molecule has 1 rings (SSSR count). The summed E-state index contributed by atoms with van der Waals surface area (Å²) in [6.07, 6.45) is 0.218. The molecule has 0 saturated carbocycles. The molecule has 6 nitrogen and oxygen atoms in total. The van der Waals surface area contributed by atoms with Crippen molar-refractivity contribution in [1.29, 1.82) is 0 Å². The number of carboxylic acids is 1. The lowest BCUT2D eigenvalue weighted by atomic mass is 10.1. The average molecular weight is 281 g/mol. The number of hydrogen-bond donors (Lipinski definition) is 2. The molecule has 0 bridgehead atoms. The lowest BCUT2D eigenvalue weighted by molar-refractivity contribution is -0.139. The van der Waals surface area contributed by atoms with E-state index >= 15 is 0 Å². The molecule has 1 atom stereocenters. The molecule has 0 aliphatic rings. The van der Waals surface area contributed by atoms with Gasteiger partial charge in [-0.2, -0.15) is 0 Å². The second-order valence-electron chi connectivity index (χ2n) is 4.28. The molecule has 1 amide bonds. The second-order valence-corrected chi connectivity index (χ2v) is 4.28. The molecule has 1 unspecified atom stereocenters. The Morgan fingerprint density at radius 3 is 2.65 bits per heavy atom. The monoisotopic (exact) mass is 281 g/mol. The van der Waals surface area contributed by atoms with Gasteiger partial charge in [-0.3, -0.25) is 4.79 Å². The van der Waals surface area contributed by atoms with Gasteiger partial charge in [0.2, 0.25) is 0 Å². The van der Waals surface area contributed by atoms with E-state index in [9.17, 15) is 9.59 Å². The molecule has 2 N–H and O–H groups in total. The minimum Gasteiger partial charge on any atom is -0.480 e. The van der Waals surface area contributed by atoms with Gasteiger partial charge in [0, 0.05) is 32.8 Å². The molecule has 0 spiro atoms. The van der Waals surface area contributed by atoms with Crippen molar-refractivity contribution in [2.24, 2.45) is 0 Å². The standard InChI is InChI=1S/C14H19NO5/c1-19-7-6-12(14(17)18)15-13(16)11-5-3-4-10(8-11)9-20-2/h3-5,8,12H,6-7,9H2,1-2H3,(H,15,16)(H,17,18). The third kappa shape index (κ3) is 4.99. The molecule has 0 aliphatic carbocycles. The molecule has 0 aliphatic heterocycles. The van der Waals surface area contributed by atoms with Crippen LogP contribution in [0.15, 0.2) is 24.3 Å². The topological polar surface area (TPSA) is 84.9 Å². The molecule has 0 heterocycles. The first-order valence-electron chi connectivity index (χ1n) is 6.19. The number of aliphatic carboxylic acids is 1. The van der Waals surface area contributed by atoms with Crippen LogP contribution in [0.1, 0.15) is 22.3 Å². The number of carbonyl (C=O) groups excluding carboxylic acids is 1. The van der Waals surface area contributed by atoms with Gasteiger partial charge in [0.05, 0.1) is 6.61 Å². The normalized spacial score (nSPS) is 11.9. The summed E-state index contributed by atoms with van der Waals surface area (Å²) in [4.78, 5) is 23.1. The Morgan fingerprint density at radius 2 is 2.05 bits per heavy atom. The molecule has 1 aromatic rings. The first-order chi connectivity index (χ1) is 9.58. The predicted molar refractivity (Wildman–Crippen MR) is 72.5 cm³/mol. The number of benzene rings is 1. The van der Waals surface area contributed by atoms with Crippen LogP contribution < -0.4 is 5.32 Å². The third-order valence-electron chi connectivity index (χ3n) is 2.71. The highest BCUT2D eigenvalue weighted by molar-refractivity contribution is 5.96. The summed E-state index contributed by atoms with van der Waals surface area (Å²) < 4.78 is 9.82. The SMILES string of the molecule is COCCC(NC(=O)c1cccc(COC)c1)C(=O)O. The van der Waals surface area contributed by atoms with Gasteiger partial charge in [-0.15, -0.1) is 0 Å². The molecule has 0 radical (unpaired) electrons. The number of carbonyl (C=O) groups is 2. The lowest BCUT2D eigenvalue weighted by Crippen LogP contribution is -2.41. The van der Waals surface area contributed by atoms with Crippen molar-refractivity contribution in [1.82, 2.24) is 5.32 Å². The average Bonchev–Trinajstić information content (AvgIpc) is 2.43. The number of carboxylic acid groups (broad SMARTS) is 1. The fourth-order valence-electron chi connectivity index (χ4n) is 1.70. The van der Waals surface area contributed by atoms with E-state index in [0.717, 1.165) is 5.56 Å². The highest BCUT2D eigenvalue weighted by atomic mass is 16.5. The summed E-state index contributed by atoms with van der Waals surface area (Å²) in [6, 6.07) is 5.90. The van der Waals surface area contributed by atoms with Gasteiger partial charge in [-0.1, -0.05) is 12.1 Å². The van der Waals surface area contributed by atoms with E-state index in [4.69, 9.17) is 14.6 Å². The first kappa shape index (κ1) is 16.1. The first-order valence-corrected chi connectivity index (χ1v) is 6.19. The van der Waals surface area contributed by atoms with E-state index < -0.39 is 17.9 Å². The number of rotatable bonds is 8. The lowest BCUT2D eigenvalue weighted by Gasteiger charge is -2.14. The number of hydrogen-bond acceptors (Lipinski definition) is 4. The van der Waals surface area contributed by atoms with Crippen molar-refractivity contribution in [3.05, 3.63) is 35.4 Å². The molecule has 1 aromatic carbocycles. The van der Waals surface area contributed by atoms with Gasteiger partial charge in [-0.25, -0.2) is 4.79 Å². The van der Waals surface area contributed by atoms with Crippen LogP contribution in [0.5, 0.6) is 0 Å². The predicted octanol–water partition coefficient (Wildman–Crippen LogP) is 1.05. The van der Waals surface area contributed by atoms with Gasteiger partial charge in [0.25, 0.3) is 5.91 Å². The smallest absolute Gasteiger partial charge is 0.326 e. The Morgan fingerprint density at radius 1 is 1.30 bits per heavy atom. The van der Waals surface area contributed by atoms with E-state index in [2.05, 4.69) is 5.32 Å². The van der Waals surface area contributed by atoms with Crippen molar-refractivity contribution in [2.45, 2.75) is 19.1 Å². The highest BCUT2D eigenvalue weighted by Gasteiger charge is 2.20. The number of methoxy groups -OCH3 is 2. The van der Waals surface area contributed by atoms with E-state index in [1.165, 1.54) is 7.11 Å². The number of ether oxygens (including phenoxy) is 2. The van der Waals surface area contributed by atoms with Crippen LogP contribution in [-0.2, 0) is 20.9 Å². The molecule has 0 saturated heterocycles. The van der Waals surface area contributed by atoms with Crippen LogP contribution in [0.4, 0.5) is 0 Å². The highest BCUT2D eigenvalue weighted by Crippen LogP contribution is 2.07. The van der Waals surface area contributed by atoms with Crippen LogP contribution in [0, 0.1) is 0 Å². The molecule has 6 heteroatoms. The summed E-state index contributed by atoms with van der Waals surface area (Å²) in [5.74, 6) is -1.50. The van der Waals surface area contributed by atoms with E-state index in [1.54, 1.807) is 25.3 Å². The molecular weight excluding hydrogens is 262 g/mol. The Bertz CT molecular complexity index is 461. The minimum absolute atomic E-state index is 0.218. The summed E-state index contributed by atoms with van der Waals surface area (Å²) in [7, 11) is 3.05. The van der Waals surface area contributed by atoms with Crippen LogP contribution in [0.2, 0.25) is 0 Å². The van der Waals surface area contributed by atoms with Gasteiger partial charge < -0.3 is 19.9 Å². The Kier molecular flexibility index (Phi) is 6.69. The number of nitrogens with one attached hydrogen (secondary N) is 1. The van der Waals surface area contributed by atoms with Crippen LogP contribution in [0.3, 0.4) is 0 Å². The van der Waals surface area contributed by atoms with Gasteiger partial charge in [0.1, 0.15) is 6.04 Å². The van der Waals surface area contributed by atoms with Crippen molar-refractivity contribution in [3.63, 3.8) is 0 Å². The zero-order chi connectivity index (χ0) is 15.0. The maximum absolute atomic E-state index is 12.0. The fraction of sp³-hybridized carbons (Fsp3) is 0.429. The summed E-state index contributed by atoms with van der Waals surface area (Å²) in [5, 5.41) is 11.5. The minimum atomic E-state index is -1.08. The zero-order valence-corrected chi connectivity index (χ0v) is 11.6. The van der Waals surface area contributed by atoms with Gasteiger partial charge in [0.15, 0.2) is 0 Å². The van der Waals surface area contributed by atoms with E-state index in [0.29, 0.717) is 12.2 Å². The van der Waals surface area contributed by atoms with Crippen LogP contribution in [-0.4, -0.2) is 43.9 Å². The summed E-state index contributed by atoms with van der Waals surface area (Å²) >= 11 is 0. The Balaban J connectivity index is 2.72. The summed E-state index contributed by atoms with van der Waals surface area (Å²) in [6.45, 7) is 0.661. The molecular formula is C14H19NO5. The van der Waals surface area contributed by atoms with E-state index in [-0.39, 0.29) is 13.0 Å².